The first kappa shape index (κ1) is 14.4. The van der Waals surface area contributed by atoms with Crippen molar-refractivity contribution in [3.63, 3.8) is 0 Å². The van der Waals surface area contributed by atoms with Gasteiger partial charge in [0.1, 0.15) is 0 Å². The van der Waals surface area contributed by atoms with Gasteiger partial charge in [0.05, 0.1) is 0 Å². The molecule has 1 amide bonds. The number of carboxylic acids is 1. The second-order valence-corrected chi connectivity index (χ2v) is 4.28. The van der Waals surface area contributed by atoms with Gasteiger partial charge >= 0.3 is 5.97 Å². The van der Waals surface area contributed by atoms with Crippen LogP contribution < -0.4 is 5.32 Å². The molecular formula is C15H13N3O3. The molecule has 2 heterocycles. The highest BCUT2D eigenvalue weighted by Gasteiger charge is 2.11. The van der Waals surface area contributed by atoms with E-state index >= 15 is 0 Å². The fourth-order valence-electron chi connectivity index (χ4n) is 1.71. The highest BCUT2D eigenvalue weighted by atomic mass is 16.4. The summed E-state index contributed by atoms with van der Waals surface area (Å²) in [5.74, 6) is -1.42. The van der Waals surface area contributed by atoms with E-state index in [2.05, 4.69) is 15.3 Å². The highest BCUT2D eigenvalue weighted by molar-refractivity contribution is 6.07. The zero-order chi connectivity index (χ0) is 15.2. The molecule has 6 nitrogen and oxygen atoms in total. The third kappa shape index (κ3) is 3.73. The van der Waals surface area contributed by atoms with Crippen molar-refractivity contribution in [3.05, 3.63) is 59.7 Å². The molecular weight excluding hydrogens is 270 g/mol. The van der Waals surface area contributed by atoms with Crippen LogP contribution in [-0.2, 0) is 4.79 Å². The Morgan fingerprint density at radius 3 is 2.62 bits per heavy atom. The van der Waals surface area contributed by atoms with Gasteiger partial charge in [-0.2, -0.15) is 0 Å². The Balaban J connectivity index is 2.28. The zero-order valence-electron chi connectivity index (χ0n) is 11.3. The lowest BCUT2D eigenvalue weighted by molar-refractivity contribution is -0.131. The topological polar surface area (TPSA) is 92.2 Å². The standard InChI is InChI=1S/C15H13N3O3/c1-10-8-16-7-5-13(10)18-15(21)12-4-6-17-9-11(12)2-3-14(19)20/h2-9H,1H3,(H,19,20)(H,16,18,21). The SMILES string of the molecule is Cc1cnccc1NC(=O)c1ccncc1C=CC(=O)O. The molecule has 0 atom stereocenters. The normalized spacial score (nSPS) is 10.5. The first-order chi connectivity index (χ1) is 10.1. The summed E-state index contributed by atoms with van der Waals surface area (Å²) in [7, 11) is 0. The van der Waals surface area contributed by atoms with Gasteiger partial charge in [-0.3, -0.25) is 14.8 Å². The molecule has 2 aromatic rings. The van der Waals surface area contributed by atoms with Crippen LogP contribution in [0.25, 0.3) is 6.08 Å². The number of hydrogen-bond acceptors (Lipinski definition) is 4. The van der Waals surface area contributed by atoms with Crippen LogP contribution in [0.3, 0.4) is 0 Å². The van der Waals surface area contributed by atoms with E-state index in [-0.39, 0.29) is 5.91 Å². The number of aromatic nitrogens is 2. The summed E-state index contributed by atoms with van der Waals surface area (Å²) < 4.78 is 0. The average molecular weight is 283 g/mol. The quantitative estimate of drug-likeness (QED) is 0.839. The van der Waals surface area contributed by atoms with Gasteiger partial charge in [0.2, 0.25) is 0 Å². The van der Waals surface area contributed by atoms with Gasteiger partial charge < -0.3 is 10.4 Å². The largest absolute Gasteiger partial charge is 0.478 e. The molecule has 0 unspecified atom stereocenters. The van der Waals surface area contributed by atoms with E-state index in [4.69, 9.17) is 5.11 Å². The maximum atomic E-state index is 12.3. The number of aliphatic carboxylic acids is 1. The second-order valence-electron chi connectivity index (χ2n) is 4.28. The number of carboxylic acid groups (broad SMARTS) is 1. The number of pyridine rings is 2. The van der Waals surface area contributed by atoms with E-state index in [0.29, 0.717) is 16.8 Å². The Labute approximate surface area is 121 Å². The van der Waals surface area contributed by atoms with E-state index in [0.717, 1.165) is 11.6 Å². The molecule has 21 heavy (non-hydrogen) atoms. The highest BCUT2D eigenvalue weighted by Crippen LogP contribution is 2.15. The van der Waals surface area contributed by atoms with E-state index in [1.807, 2.05) is 6.92 Å². The predicted molar refractivity (Wildman–Crippen MR) is 77.8 cm³/mol. The zero-order valence-corrected chi connectivity index (χ0v) is 11.3. The van der Waals surface area contributed by atoms with Crippen LogP contribution >= 0.6 is 0 Å². The fourth-order valence-corrected chi connectivity index (χ4v) is 1.71. The lowest BCUT2D eigenvalue weighted by atomic mass is 10.1. The number of aryl methyl sites for hydroxylation is 1. The van der Waals surface area contributed by atoms with Crippen molar-refractivity contribution in [2.75, 3.05) is 5.32 Å². The number of nitrogens with one attached hydrogen (secondary N) is 1. The minimum atomic E-state index is -1.09. The summed E-state index contributed by atoms with van der Waals surface area (Å²) in [4.78, 5) is 30.7. The molecule has 0 aliphatic heterocycles. The van der Waals surface area contributed by atoms with Crippen molar-refractivity contribution in [2.45, 2.75) is 6.92 Å². The smallest absolute Gasteiger partial charge is 0.328 e. The minimum absolute atomic E-state index is 0.336. The van der Waals surface area contributed by atoms with Crippen molar-refractivity contribution in [1.29, 1.82) is 0 Å². The van der Waals surface area contributed by atoms with Crippen LogP contribution in [0.1, 0.15) is 21.5 Å². The maximum Gasteiger partial charge on any atom is 0.328 e. The molecule has 2 N–H and O–H groups in total. The fraction of sp³-hybridized carbons (Fsp3) is 0.0667. The van der Waals surface area contributed by atoms with Crippen molar-refractivity contribution in [3.8, 4) is 0 Å². The summed E-state index contributed by atoms with van der Waals surface area (Å²) in [6, 6.07) is 3.23. The molecule has 0 aromatic carbocycles. The molecule has 0 bridgehead atoms. The molecule has 2 aromatic heterocycles. The number of nitrogens with zero attached hydrogens (tertiary/aromatic N) is 2. The monoisotopic (exact) mass is 283 g/mol. The van der Waals surface area contributed by atoms with E-state index in [1.54, 1.807) is 18.5 Å². The van der Waals surface area contributed by atoms with E-state index < -0.39 is 5.97 Å². The number of anilines is 1. The molecule has 0 aliphatic rings. The molecule has 6 heteroatoms. The van der Waals surface area contributed by atoms with E-state index in [9.17, 15) is 9.59 Å². The molecule has 0 radical (unpaired) electrons. The Bertz CT molecular complexity index is 711. The van der Waals surface area contributed by atoms with Crippen molar-refractivity contribution in [1.82, 2.24) is 9.97 Å². The number of rotatable bonds is 4. The second kappa shape index (κ2) is 6.42. The van der Waals surface area contributed by atoms with Crippen LogP contribution in [0.15, 0.2) is 43.0 Å². The Morgan fingerprint density at radius 1 is 1.19 bits per heavy atom. The van der Waals surface area contributed by atoms with Crippen LogP contribution in [0, 0.1) is 6.92 Å². The maximum absolute atomic E-state index is 12.3. The minimum Gasteiger partial charge on any atom is -0.478 e. The molecule has 0 spiro atoms. The summed E-state index contributed by atoms with van der Waals surface area (Å²) in [6.07, 6.45) is 8.45. The number of amides is 1. The number of carbonyl (C=O) groups excluding carboxylic acids is 1. The molecule has 0 saturated carbocycles. The van der Waals surface area contributed by atoms with Gasteiger partial charge in [-0.05, 0) is 30.7 Å². The lowest BCUT2D eigenvalue weighted by Crippen LogP contribution is -2.14. The van der Waals surface area contributed by atoms with E-state index in [1.165, 1.54) is 24.5 Å². The van der Waals surface area contributed by atoms with Crippen LogP contribution in [0.2, 0.25) is 0 Å². The van der Waals surface area contributed by atoms with Gasteiger partial charge in [-0.1, -0.05) is 0 Å². The summed E-state index contributed by atoms with van der Waals surface area (Å²) in [5, 5.41) is 11.4. The van der Waals surface area contributed by atoms with Crippen LogP contribution in [-0.4, -0.2) is 27.0 Å². The lowest BCUT2D eigenvalue weighted by Gasteiger charge is -2.09. The molecule has 0 fully saturated rings. The number of carbonyl (C=O) groups is 2. The molecule has 2 rings (SSSR count). The Morgan fingerprint density at radius 2 is 1.90 bits per heavy atom. The van der Waals surface area contributed by atoms with Gasteiger partial charge in [-0.25, -0.2) is 4.79 Å². The third-order valence-electron chi connectivity index (χ3n) is 2.77. The Kier molecular flexibility index (Phi) is 4.40. The van der Waals surface area contributed by atoms with Gasteiger partial charge in [0, 0.05) is 47.7 Å². The molecule has 106 valence electrons. The molecule has 0 aliphatic carbocycles. The van der Waals surface area contributed by atoms with Crippen LogP contribution in [0.5, 0.6) is 0 Å². The third-order valence-corrected chi connectivity index (χ3v) is 2.77. The number of hydrogen-bond donors (Lipinski definition) is 2. The van der Waals surface area contributed by atoms with Crippen molar-refractivity contribution in [2.24, 2.45) is 0 Å². The van der Waals surface area contributed by atoms with Crippen molar-refractivity contribution < 1.29 is 14.7 Å². The summed E-state index contributed by atoms with van der Waals surface area (Å²) in [6.45, 7) is 1.83. The first-order valence-electron chi connectivity index (χ1n) is 6.15. The summed E-state index contributed by atoms with van der Waals surface area (Å²) >= 11 is 0. The van der Waals surface area contributed by atoms with Gasteiger partial charge in [-0.15, -0.1) is 0 Å². The average Bonchev–Trinajstić information content (AvgIpc) is 2.47. The summed E-state index contributed by atoms with van der Waals surface area (Å²) in [5.41, 5.74) is 2.27. The Hall–Kier alpha value is -3.02. The first-order valence-corrected chi connectivity index (χ1v) is 6.15. The van der Waals surface area contributed by atoms with Crippen LogP contribution in [0.4, 0.5) is 5.69 Å². The predicted octanol–water partition coefficient (Wildman–Crippen LogP) is 2.14. The van der Waals surface area contributed by atoms with Gasteiger partial charge in [0.15, 0.2) is 0 Å². The molecule has 0 saturated heterocycles. The van der Waals surface area contributed by atoms with Crippen molar-refractivity contribution >= 4 is 23.6 Å². The van der Waals surface area contributed by atoms with Gasteiger partial charge in [0.25, 0.3) is 5.91 Å².